The Morgan fingerprint density at radius 3 is 2.44 bits per heavy atom. The fourth-order valence-corrected chi connectivity index (χ4v) is 2.83. The number of carbonyl (C=O) groups excluding carboxylic acids is 3. The summed E-state index contributed by atoms with van der Waals surface area (Å²) in [6.07, 6.45) is 1.90. The van der Waals surface area contributed by atoms with Crippen LogP contribution in [0.2, 0.25) is 0 Å². The van der Waals surface area contributed by atoms with E-state index in [0.29, 0.717) is 5.69 Å². The van der Waals surface area contributed by atoms with Crippen molar-refractivity contribution in [1.29, 1.82) is 0 Å². The molecule has 0 heterocycles. The fraction of sp³-hybridized carbons (Fsp3) is 0.211. The van der Waals surface area contributed by atoms with E-state index < -0.39 is 17.6 Å². The zero-order chi connectivity index (χ0) is 19.8. The highest BCUT2D eigenvalue weighted by Gasteiger charge is 2.16. The normalized spacial score (nSPS) is 10.2. The van der Waals surface area contributed by atoms with Crippen LogP contribution in [0.15, 0.2) is 53.4 Å². The van der Waals surface area contributed by atoms with E-state index in [9.17, 15) is 18.8 Å². The van der Waals surface area contributed by atoms with Crippen LogP contribution in [0.25, 0.3) is 0 Å². The number of halogens is 1. The van der Waals surface area contributed by atoms with Crippen molar-refractivity contribution in [1.82, 2.24) is 10.2 Å². The standard InChI is InChI=1S/C19H20FN3O3S/c1-23(12-17(24)22-15-9-5-6-10-16(15)27-2)18(25)11-21-19(26)13-7-3-4-8-14(13)20/h3-10H,11-12H2,1-2H3,(H,21,26)(H,22,24). The van der Waals surface area contributed by atoms with E-state index in [1.807, 2.05) is 24.5 Å². The van der Waals surface area contributed by atoms with Crippen molar-refractivity contribution in [3.63, 3.8) is 0 Å². The van der Waals surface area contributed by atoms with Gasteiger partial charge in [0.1, 0.15) is 5.82 Å². The number of rotatable bonds is 7. The minimum absolute atomic E-state index is 0.139. The van der Waals surface area contributed by atoms with Gasteiger partial charge in [0.2, 0.25) is 11.8 Å². The van der Waals surface area contributed by atoms with Gasteiger partial charge in [-0.2, -0.15) is 0 Å². The van der Waals surface area contributed by atoms with Gasteiger partial charge in [0.15, 0.2) is 0 Å². The third kappa shape index (κ3) is 5.82. The molecule has 2 aromatic carbocycles. The maximum absolute atomic E-state index is 13.6. The Morgan fingerprint density at radius 1 is 1.07 bits per heavy atom. The number of thioether (sulfide) groups is 1. The van der Waals surface area contributed by atoms with E-state index >= 15 is 0 Å². The molecule has 0 bridgehead atoms. The molecule has 0 atom stereocenters. The second-order valence-corrected chi connectivity index (χ2v) is 6.51. The zero-order valence-electron chi connectivity index (χ0n) is 15.0. The summed E-state index contributed by atoms with van der Waals surface area (Å²) < 4.78 is 13.6. The number of hydrogen-bond acceptors (Lipinski definition) is 4. The lowest BCUT2D eigenvalue weighted by Crippen LogP contribution is -2.41. The molecule has 2 N–H and O–H groups in total. The Bertz CT molecular complexity index is 844. The molecule has 142 valence electrons. The quantitative estimate of drug-likeness (QED) is 0.713. The van der Waals surface area contributed by atoms with Gasteiger partial charge in [0.25, 0.3) is 5.91 Å². The third-order valence-corrected chi connectivity index (χ3v) is 4.50. The van der Waals surface area contributed by atoms with E-state index in [4.69, 9.17) is 0 Å². The summed E-state index contributed by atoms with van der Waals surface area (Å²) in [5.74, 6) is -2.17. The highest BCUT2D eigenvalue weighted by atomic mass is 32.2. The first-order chi connectivity index (χ1) is 12.9. The summed E-state index contributed by atoms with van der Waals surface area (Å²) in [6.45, 7) is -0.505. The van der Waals surface area contributed by atoms with Crippen molar-refractivity contribution >= 4 is 35.2 Å². The number of benzene rings is 2. The number of nitrogens with zero attached hydrogens (tertiary/aromatic N) is 1. The molecule has 0 radical (unpaired) electrons. The van der Waals surface area contributed by atoms with Crippen LogP contribution in [-0.4, -0.2) is 49.0 Å². The largest absolute Gasteiger partial charge is 0.343 e. The number of hydrogen-bond donors (Lipinski definition) is 2. The summed E-state index contributed by atoms with van der Waals surface area (Å²) in [7, 11) is 1.46. The van der Waals surface area contributed by atoms with Gasteiger partial charge in [-0.25, -0.2) is 4.39 Å². The maximum Gasteiger partial charge on any atom is 0.254 e. The average Bonchev–Trinajstić information content (AvgIpc) is 2.66. The van der Waals surface area contributed by atoms with Gasteiger partial charge in [-0.15, -0.1) is 11.8 Å². The van der Waals surface area contributed by atoms with Crippen LogP contribution in [0, 0.1) is 5.82 Å². The molecular weight excluding hydrogens is 369 g/mol. The SMILES string of the molecule is CSc1ccccc1NC(=O)CN(C)C(=O)CNC(=O)c1ccccc1F. The molecule has 0 unspecified atom stereocenters. The molecule has 0 aliphatic heterocycles. The fourth-order valence-electron chi connectivity index (χ4n) is 2.27. The molecule has 0 fully saturated rings. The summed E-state index contributed by atoms with van der Waals surface area (Å²) >= 11 is 1.50. The molecule has 2 rings (SSSR count). The van der Waals surface area contributed by atoms with Gasteiger partial charge < -0.3 is 15.5 Å². The smallest absolute Gasteiger partial charge is 0.254 e. The minimum Gasteiger partial charge on any atom is -0.343 e. The Labute approximate surface area is 161 Å². The molecule has 0 spiro atoms. The van der Waals surface area contributed by atoms with Crippen molar-refractivity contribution in [3.05, 3.63) is 59.9 Å². The summed E-state index contributed by atoms with van der Waals surface area (Å²) in [5, 5.41) is 5.11. The van der Waals surface area contributed by atoms with Crippen molar-refractivity contribution < 1.29 is 18.8 Å². The Hall–Kier alpha value is -2.87. The first kappa shape index (κ1) is 20.4. The third-order valence-electron chi connectivity index (χ3n) is 3.71. The first-order valence-corrected chi connectivity index (χ1v) is 9.34. The highest BCUT2D eigenvalue weighted by molar-refractivity contribution is 7.98. The summed E-state index contributed by atoms with van der Waals surface area (Å²) in [6, 6.07) is 12.8. The van der Waals surface area contributed by atoms with Gasteiger partial charge in [-0.1, -0.05) is 24.3 Å². The molecule has 0 aromatic heterocycles. The lowest BCUT2D eigenvalue weighted by atomic mass is 10.2. The van der Waals surface area contributed by atoms with Crippen LogP contribution in [0.1, 0.15) is 10.4 Å². The van der Waals surface area contributed by atoms with Crippen LogP contribution in [0.3, 0.4) is 0 Å². The van der Waals surface area contributed by atoms with Gasteiger partial charge in [-0.05, 0) is 30.5 Å². The summed E-state index contributed by atoms with van der Waals surface area (Å²) in [5.41, 5.74) is 0.531. The number of carbonyl (C=O) groups is 3. The van der Waals surface area contributed by atoms with E-state index in [0.717, 1.165) is 4.90 Å². The van der Waals surface area contributed by atoms with Crippen molar-refractivity contribution in [3.8, 4) is 0 Å². The lowest BCUT2D eigenvalue weighted by Gasteiger charge is -2.18. The topological polar surface area (TPSA) is 78.5 Å². The number of likely N-dealkylation sites (N-methyl/N-ethyl adjacent to an activating group) is 1. The second kappa shape index (κ2) is 9.72. The van der Waals surface area contributed by atoms with Gasteiger partial charge in [-0.3, -0.25) is 14.4 Å². The van der Waals surface area contributed by atoms with Crippen LogP contribution in [-0.2, 0) is 9.59 Å². The lowest BCUT2D eigenvalue weighted by molar-refractivity contribution is -0.132. The molecule has 3 amide bonds. The predicted octanol–water partition coefficient (Wildman–Crippen LogP) is 2.37. The van der Waals surface area contributed by atoms with Crippen LogP contribution >= 0.6 is 11.8 Å². The van der Waals surface area contributed by atoms with Crippen LogP contribution < -0.4 is 10.6 Å². The second-order valence-electron chi connectivity index (χ2n) is 5.66. The molecule has 27 heavy (non-hydrogen) atoms. The van der Waals surface area contributed by atoms with E-state index in [1.54, 1.807) is 6.07 Å². The van der Waals surface area contributed by atoms with Gasteiger partial charge in [0, 0.05) is 11.9 Å². The van der Waals surface area contributed by atoms with Crippen molar-refractivity contribution in [2.75, 3.05) is 31.7 Å². The number of amides is 3. The van der Waals surface area contributed by atoms with Crippen molar-refractivity contribution in [2.45, 2.75) is 4.90 Å². The Morgan fingerprint density at radius 2 is 1.74 bits per heavy atom. The van der Waals surface area contributed by atoms with Crippen molar-refractivity contribution in [2.24, 2.45) is 0 Å². The van der Waals surface area contributed by atoms with Gasteiger partial charge >= 0.3 is 0 Å². The number of anilines is 1. The van der Waals surface area contributed by atoms with E-state index in [-0.39, 0.29) is 24.6 Å². The number of nitrogens with one attached hydrogen (secondary N) is 2. The highest BCUT2D eigenvalue weighted by Crippen LogP contribution is 2.24. The average molecular weight is 389 g/mol. The molecule has 8 heteroatoms. The molecule has 6 nitrogen and oxygen atoms in total. The summed E-state index contributed by atoms with van der Waals surface area (Å²) in [4.78, 5) is 38.3. The van der Waals surface area contributed by atoms with E-state index in [1.165, 1.54) is 48.0 Å². The monoisotopic (exact) mass is 389 g/mol. The molecule has 0 aliphatic rings. The maximum atomic E-state index is 13.6. The van der Waals surface area contributed by atoms with Crippen LogP contribution in [0.4, 0.5) is 10.1 Å². The molecule has 0 aliphatic carbocycles. The molecule has 0 saturated heterocycles. The van der Waals surface area contributed by atoms with E-state index in [2.05, 4.69) is 10.6 Å². The number of para-hydroxylation sites is 1. The van der Waals surface area contributed by atoms with Crippen LogP contribution in [0.5, 0.6) is 0 Å². The first-order valence-electron chi connectivity index (χ1n) is 8.12. The molecular formula is C19H20FN3O3S. The van der Waals surface area contributed by atoms with Gasteiger partial charge in [0.05, 0.1) is 24.3 Å². The zero-order valence-corrected chi connectivity index (χ0v) is 15.8. The molecule has 2 aromatic rings. The Kier molecular flexibility index (Phi) is 7.36. The predicted molar refractivity (Wildman–Crippen MR) is 103 cm³/mol. The minimum atomic E-state index is -0.687. The Balaban J connectivity index is 1.85. The molecule has 0 saturated carbocycles.